The van der Waals surface area contributed by atoms with E-state index in [1.54, 1.807) is 6.08 Å². The van der Waals surface area contributed by atoms with E-state index in [1.807, 2.05) is 30.3 Å². The number of amides is 1. The summed E-state index contributed by atoms with van der Waals surface area (Å²) in [5.74, 6) is -0.538. The van der Waals surface area contributed by atoms with Crippen molar-refractivity contribution in [1.29, 1.82) is 0 Å². The Morgan fingerprint density at radius 3 is 2.36 bits per heavy atom. The Bertz CT molecular complexity index is 923. The molecule has 0 atom stereocenters. The molecule has 0 spiro atoms. The van der Waals surface area contributed by atoms with E-state index in [-0.39, 0.29) is 18.3 Å². The average molecular weight is 404 g/mol. The monoisotopic (exact) mass is 404 g/mol. The number of nitrogens with one attached hydrogen (secondary N) is 2. The Balaban J connectivity index is 1.49. The molecule has 1 heterocycles. The first kappa shape index (κ1) is 20.2. The van der Waals surface area contributed by atoms with E-state index in [2.05, 4.69) is 5.32 Å². The molecule has 0 unspecified atom stereocenters. The molecule has 0 aliphatic carbocycles. The highest BCUT2D eigenvalue weighted by molar-refractivity contribution is 7.92. The molecular formula is C20H23FN3O3S+. The van der Waals surface area contributed by atoms with Gasteiger partial charge in [0.1, 0.15) is 5.82 Å². The maximum absolute atomic E-state index is 12.9. The van der Waals surface area contributed by atoms with E-state index in [0.717, 1.165) is 10.5 Å². The van der Waals surface area contributed by atoms with Crippen LogP contribution in [0.3, 0.4) is 0 Å². The molecule has 0 aromatic heterocycles. The van der Waals surface area contributed by atoms with Gasteiger partial charge in [-0.25, -0.2) is 12.8 Å². The van der Waals surface area contributed by atoms with Gasteiger partial charge in [-0.3, -0.25) is 4.79 Å². The molecule has 2 aromatic carbocycles. The van der Waals surface area contributed by atoms with Crippen molar-refractivity contribution in [2.24, 2.45) is 0 Å². The van der Waals surface area contributed by atoms with Crippen LogP contribution in [0.15, 0.2) is 60.0 Å². The second-order valence-corrected chi connectivity index (χ2v) is 8.46. The number of hydrogen-bond acceptors (Lipinski definition) is 3. The van der Waals surface area contributed by atoms with E-state index < -0.39 is 10.0 Å². The molecule has 8 heteroatoms. The molecule has 1 fully saturated rings. The van der Waals surface area contributed by atoms with Crippen molar-refractivity contribution < 1.29 is 22.5 Å². The lowest BCUT2D eigenvalue weighted by atomic mass is 10.2. The number of sulfonamides is 1. The molecule has 2 N–H and O–H groups in total. The SMILES string of the molecule is O=C(C[NH+]1CCN(S(=O)(=O)/C=C/c2ccccc2)CC1)Nc1ccc(F)cc1. The average Bonchev–Trinajstić information content (AvgIpc) is 2.69. The van der Waals surface area contributed by atoms with Crippen molar-refractivity contribution in [3.8, 4) is 0 Å². The second kappa shape index (κ2) is 9.09. The van der Waals surface area contributed by atoms with Crippen LogP contribution in [0.4, 0.5) is 10.1 Å². The zero-order valence-electron chi connectivity index (χ0n) is 15.3. The molecule has 0 radical (unpaired) electrons. The van der Waals surface area contributed by atoms with Crippen LogP contribution >= 0.6 is 0 Å². The van der Waals surface area contributed by atoms with Crippen LogP contribution < -0.4 is 10.2 Å². The van der Waals surface area contributed by atoms with Crippen LogP contribution in [0, 0.1) is 5.82 Å². The number of piperazine rings is 1. The molecule has 1 aliphatic rings. The number of nitrogens with zero attached hydrogens (tertiary/aromatic N) is 1. The summed E-state index contributed by atoms with van der Waals surface area (Å²) in [5.41, 5.74) is 1.37. The van der Waals surface area contributed by atoms with Gasteiger partial charge in [0.25, 0.3) is 5.91 Å². The summed E-state index contributed by atoms with van der Waals surface area (Å²) < 4.78 is 39.3. The van der Waals surface area contributed by atoms with Crippen LogP contribution in [0.1, 0.15) is 5.56 Å². The van der Waals surface area contributed by atoms with E-state index in [9.17, 15) is 17.6 Å². The summed E-state index contributed by atoms with van der Waals surface area (Å²) >= 11 is 0. The highest BCUT2D eigenvalue weighted by Gasteiger charge is 2.28. The number of anilines is 1. The minimum absolute atomic E-state index is 0.179. The minimum atomic E-state index is -3.48. The first-order valence-electron chi connectivity index (χ1n) is 9.05. The molecule has 28 heavy (non-hydrogen) atoms. The van der Waals surface area contributed by atoms with Crippen LogP contribution in [0.5, 0.6) is 0 Å². The third-order valence-electron chi connectivity index (χ3n) is 4.56. The normalized spacial score (nSPS) is 16.3. The second-order valence-electron chi connectivity index (χ2n) is 6.64. The van der Waals surface area contributed by atoms with Crippen LogP contribution in [-0.4, -0.2) is 51.4 Å². The fraction of sp³-hybridized carbons (Fsp3) is 0.250. The summed E-state index contributed by atoms with van der Waals surface area (Å²) in [5, 5.41) is 3.96. The molecule has 1 saturated heterocycles. The van der Waals surface area contributed by atoms with Crippen LogP contribution in [-0.2, 0) is 14.8 Å². The number of hydrogen-bond donors (Lipinski definition) is 2. The number of rotatable bonds is 6. The van der Waals surface area contributed by atoms with E-state index in [4.69, 9.17) is 0 Å². The van der Waals surface area contributed by atoms with E-state index in [0.29, 0.717) is 31.9 Å². The zero-order chi connectivity index (χ0) is 20.0. The number of benzene rings is 2. The van der Waals surface area contributed by atoms with Crippen LogP contribution in [0.2, 0.25) is 0 Å². The smallest absolute Gasteiger partial charge is 0.279 e. The zero-order valence-corrected chi connectivity index (χ0v) is 16.2. The molecule has 0 saturated carbocycles. The minimum Gasteiger partial charge on any atom is -0.325 e. The van der Waals surface area contributed by atoms with Gasteiger partial charge in [0.05, 0.1) is 26.2 Å². The number of carbonyl (C=O) groups is 1. The molecule has 3 rings (SSSR count). The van der Waals surface area contributed by atoms with Gasteiger partial charge in [-0.2, -0.15) is 4.31 Å². The maximum Gasteiger partial charge on any atom is 0.279 e. The number of quaternary nitrogens is 1. The molecule has 1 aliphatic heterocycles. The Hall–Kier alpha value is -2.55. The Morgan fingerprint density at radius 2 is 1.71 bits per heavy atom. The van der Waals surface area contributed by atoms with Gasteiger partial charge < -0.3 is 10.2 Å². The lowest BCUT2D eigenvalue weighted by molar-refractivity contribution is -0.895. The lowest BCUT2D eigenvalue weighted by Crippen LogP contribution is -3.15. The Morgan fingerprint density at radius 1 is 1.07 bits per heavy atom. The standard InChI is InChI=1S/C20H22FN3O3S/c21-18-6-8-19(9-7-18)22-20(25)16-23-11-13-24(14-12-23)28(26,27)15-10-17-4-2-1-3-5-17/h1-10,15H,11-14,16H2,(H,22,25)/p+1/b15-10+. The van der Waals surface area contributed by atoms with Crippen molar-refractivity contribution >= 4 is 27.7 Å². The Labute approximate surface area is 164 Å². The molecular weight excluding hydrogens is 381 g/mol. The first-order chi connectivity index (χ1) is 13.4. The quantitative estimate of drug-likeness (QED) is 0.754. The van der Waals surface area contributed by atoms with Crippen molar-refractivity contribution in [3.05, 3.63) is 71.4 Å². The molecule has 1 amide bonds. The third kappa shape index (κ3) is 5.72. The van der Waals surface area contributed by atoms with Crippen molar-refractivity contribution in [2.75, 3.05) is 38.0 Å². The van der Waals surface area contributed by atoms with Crippen LogP contribution in [0.25, 0.3) is 6.08 Å². The molecule has 2 aromatic rings. The van der Waals surface area contributed by atoms with Gasteiger partial charge in [0, 0.05) is 11.1 Å². The van der Waals surface area contributed by atoms with Gasteiger partial charge in [-0.15, -0.1) is 0 Å². The van der Waals surface area contributed by atoms with Gasteiger partial charge in [-0.05, 0) is 35.9 Å². The van der Waals surface area contributed by atoms with Gasteiger partial charge in [0.2, 0.25) is 10.0 Å². The summed E-state index contributed by atoms with van der Waals surface area (Å²) in [6.07, 6.45) is 1.59. The van der Waals surface area contributed by atoms with Gasteiger partial charge >= 0.3 is 0 Å². The molecule has 0 bridgehead atoms. The number of carbonyl (C=O) groups excluding carboxylic acids is 1. The fourth-order valence-corrected chi connectivity index (χ4v) is 4.21. The summed E-state index contributed by atoms with van der Waals surface area (Å²) in [7, 11) is -3.48. The van der Waals surface area contributed by atoms with Crippen molar-refractivity contribution in [3.63, 3.8) is 0 Å². The predicted octanol–water partition coefficient (Wildman–Crippen LogP) is 0.965. The largest absolute Gasteiger partial charge is 0.325 e. The molecule has 6 nitrogen and oxygen atoms in total. The van der Waals surface area contributed by atoms with Crippen molar-refractivity contribution in [1.82, 2.24) is 4.31 Å². The van der Waals surface area contributed by atoms with Gasteiger partial charge in [0.15, 0.2) is 6.54 Å². The highest BCUT2D eigenvalue weighted by atomic mass is 32.2. The first-order valence-corrected chi connectivity index (χ1v) is 10.5. The summed E-state index contributed by atoms with van der Waals surface area (Å²) in [6, 6.07) is 14.8. The highest BCUT2D eigenvalue weighted by Crippen LogP contribution is 2.09. The number of halogens is 1. The Kier molecular flexibility index (Phi) is 6.56. The van der Waals surface area contributed by atoms with E-state index in [1.165, 1.54) is 34.0 Å². The maximum atomic E-state index is 12.9. The topological polar surface area (TPSA) is 70.9 Å². The van der Waals surface area contributed by atoms with E-state index >= 15 is 0 Å². The fourth-order valence-electron chi connectivity index (χ4n) is 3.01. The third-order valence-corrected chi connectivity index (χ3v) is 6.12. The lowest BCUT2D eigenvalue weighted by Gasteiger charge is -2.30. The van der Waals surface area contributed by atoms with Crippen molar-refractivity contribution in [2.45, 2.75) is 0 Å². The van der Waals surface area contributed by atoms with Gasteiger partial charge in [-0.1, -0.05) is 30.3 Å². The predicted molar refractivity (Wildman–Crippen MR) is 107 cm³/mol. The molecule has 148 valence electrons. The summed E-state index contributed by atoms with van der Waals surface area (Å²) in [4.78, 5) is 13.1. The summed E-state index contributed by atoms with van der Waals surface area (Å²) in [6.45, 7) is 2.07.